The van der Waals surface area contributed by atoms with E-state index in [9.17, 15) is 0 Å². The lowest BCUT2D eigenvalue weighted by atomic mass is 9.93. The Morgan fingerprint density at radius 2 is 2.12 bits per heavy atom. The van der Waals surface area contributed by atoms with E-state index in [0.29, 0.717) is 5.92 Å². The van der Waals surface area contributed by atoms with Crippen LogP contribution in [-0.4, -0.2) is 4.98 Å². The smallest absolute Gasteiger partial charge is 0.0487 e. The number of allylic oxidation sites excluding steroid dienone is 3. The molecule has 1 aliphatic rings. The monoisotopic (exact) mass is 213 g/mol. The van der Waals surface area contributed by atoms with Crippen LogP contribution < -0.4 is 0 Å². The van der Waals surface area contributed by atoms with E-state index in [1.807, 2.05) is 0 Å². The zero-order chi connectivity index (χ0) is 11.7. The summed E-state index contributed by atoms with van der Waals surface area (Å²) in [6.07, 6.45) is 4.44. The Morgan fingerprint density at radius 1 is 1.38 bits per heavy atom. The van der Waals surface area contributed by atoms with Crippen molar-refractivity contribution in [3.63, 3.8) is 0 Å². The van der Waals surface area contributed by atoms with Crippen molar-refractivity contribution < 1.29 is 0 Å². The van der Waals surface area contributed by atoms with Crippen LogP contribution in [0.1, 0.15) is 37.2 Å². The first-order valence-electron chi connectivity index (χ1n) is 5.87. The Hall–Kier alpha value is -1.37. The Balaban J connectivity index is 2.46. The maximum absolute atomic E-state index is 4.67. The van der Waals surface area contributed by atoms with Crippen LogP contribution in [0.5, 0.6) is 0 Å². The molecule has 0 amide bonds. The molecule has 0 spiro atoms. The molecule has 1 heteroatoms. The van der Waals surface area contributed by atoms with Gasteiger partial charge in [-0.15, -0.1) is 0 Å². The van der Waals surface area contributed by atoms with Gasteiger partial charge in [-0.1, -0.05) is 24.3 Å². The average Bonchev–Trinajstić information content (AvgIpc) is 2.38. The molecule has 0 fully saturated rings. The summed E-state index contributed by atoms with van der Waals surface area (Å²) in [5.41, 5.74) is 6.27. The Labute approximate surface area is 97.9 Å². The van der Waals surface area contributed by atoms with Crippen LogP contribution in [-0.2, 0) is 6.42 Å². The van der Waals surface area contributed by atoms with Crippen LogP contribution in [0.4, 0.5) is 0 Å². The summed E-state index contributed by atoms with van der Waals surface area (Å²) in [4.78, 5) is 4.67. The van der Waals surface area contributed by atoms with Crippen LogP contribution in [0.25, 0.3) is 5.57 Å². The lowest BCUT2D eigenvalue weighted by Gasteiger charge is -2.14. The van der Waals surface area contributed by atoms with Crippen LogP contribution in [0.3, 0.4) is 0 Å². The SMILES string of the molecule is C=C(C)C1CC=C(C)c2ccc(C)nc2C1. The molecule has 0 bridgehead atoms. The second kappa shape index (κ2) is 4.25. The van der Waals surface area contributed by atoms with E-state index in [1.165, 1.54) is 22.4 Å². The first kappa shape index (κ1) is 11.1. The minimum atomic E-state index is 0.547. The van der Waals surface area contributed by atoms with Crippen LogP contribution >= 0.6 is 0 Å². The number of hydrogen-bond acceptors (Lipinski definition) is 1. The maximum Gasteiger partial charge on any atom is 0.0487 e. The molecule has 0 N–H and O–H groups in total. The van der Waals surface area contributed by atoms with Crippen molar-refractivity contribution in [2.24, 2.45) is 5.92 Å². The number of aryl methyl sites for hydroxylation is 1. The second-order valence-electron chi connectivity index (χ2n) is 4.82. The minimum Gasteiger partial charge on any atom is -0.258 e. The lowest BCUT2D eigenvalue weighted by molar-refractivity contribution is 0.615. The molecule has 0 saturated heterocycles. The maximum atomic E-state index is 4.67. The van der Waals surface area contributed by atoms with Gasteiger partial charge in [-0.2, -0.15) is 0 Å². The van der Waals surface area contributed by atoms with E-state index in [4.69, 9.17) is 0 Å². The molecule has 84 valence electrons. The van der Waals surface area contributed by atoms with Gasteiger partial charge in [-0.25, -0.2) is 0 Å². The van der Waals surface area contributed by atoms with Crippen molar-refractivity contribution in [3.05, 3.63) is 47.3 Å². The fourth-order valence-electron chi connectivity index (χ4n) is 2.25. The lowest BCUT2D eigenvalue weighted by Crippen LogP contribution is -2.06. The molecule has 0 radical (unpaired) electrons. The van der Waals surface area contributed by atoms with E-state index in [0.717, 1.165) is 18.5 Å². The molecule has 16 heavy (non-hydrogen) atoms. The van der Waals surface area contributed by atoms with Gasteiger partial charge in [-0.3, -0.25) is 4.98 Å². The Bertz CT molecular complexity index is 455. The normalized spacial score (nSPS) is 19.7. The Morgan fingerprint density at radius 3 is 2.81 bits per heavy atom. The highest BCUT2D eigenvalue weighted by Crippen LogP contribution is 2.29. The topological polar surface area (TPSA) is 12.9 Å². The van der Waals surface area contributed by atoms with Gasteiger partial charge >= 0.3 is 0 Å². The summed E-state index contributed by atoms with van der Waals surface area (Å²) in [6, 6.07) is 4.29. The second-order valence-corrected chi connectivity index (χ2v) is 4.82. The fourth-order valence-corrected chi connectivity index (χ4v) is 2.25. The number of nitrogens with zero attached hydrogens (tertiary/aromatic N) is 1. The van der Waals surface area contributed by atoms with Gasteiger partial charge in [0.05, 0.1) is 0 Å². The molecular weight excluding hydrogens is 194 g/mol. The number of pyridine rings is 1. The fraction of sp³-hybridized carbons (Fsp3) is 0.400. The van der Waals surface area contributed by atoms with Crippen molar-refractivity contribution in [3.8, 4) is 0 Å². The summed E-state index contributed by atoms with van der Waals surface area (Å²) in [6.45, 7) is 10.4. The van der Waals surface area contributed by atoms with Crippen LogP contribution in [0.2, 0.25) is 0 Å². The molecule has 1 atom stereocenters. The zero-order valence-electron chi connectivity index (χ0n) is 10.4. The van der Waals surface area contributed by atoms with Crippen molar-refractivity contribution in [2.75, 3.05) is 0 Å². The summed E-state index contributed by atoms with van der Waals surface area (Å²) < 4.78 is 0. The molecule has 1 aromatic heterocycles. The molecule has 1 heterocycles. The number of hydrogen-bond donors (Lipinski definition) is 0. The summed E-state index contributed by atoms with van der Waals surface area (Å²) >= 11 is 0. The van der Waals surface area contributed by atoms with Crippen molar-refractivity contribution in [1.29, 1.82) is 0 Å². The van der Waals surface area contributed by atoms with E-state index in [-0.39, 0.29) is 0 Å². The van der Waals surface area contributed by atoms with Gasteiger partial charge < -0.3 is 0 Å². The van der Waals surface area contributed by atoms with Crippen LogP contribution in [0.15, 0.2) is 30.4 Å². The molecule has 0 aliphatic heterocycles. The average molecular weight is 213 g/mol. The van der Waals surface area contributed by atoms with E-state index >= 15 is 0 Å². The molecular formula is C15H19N. The van der Waals surface area contributed by atoms with Crippen molar-refractivity contribution in [1.82, 2.24) is 4.98 Å². The van der Waals surface area contributed by atoms with Gasteiger partial charge in [0, 0.05) is 11.4 Å². The van der Waals surface area contributed by atoms with Crippen molar-refractivity contribution in [2.45, 2.75) is 33.6 Å². The van der Waals surface area contributed by atoms with Gasteiger partial charge in [0.15, 0.2) is 0 Å². The molecule has 0 saturated carbocycles. The molecule has 1 aliphatic carbocycles. The van der Waals surface area contributed by atoms with E-state index in [2.05, 4.69) is 50.5 Å². The number of rotatable bonds is 1. The standard InChI is InChI=1S/C15H19N/c1-10(2)13-7-5-11(3)14-8-6-12(4)16-15(14)9-13/h5-6,8,13H,1,7,9H2,2-4H3. The number of aromatic nitrogens is 1. The highest BCUT2D eigenvalue weighted by molar-refractivity contribution is 5.66. The first-order valence-corrected chi connectivity index (χ1v) is 5.87. The largest absolute Gasteiger partial charge is 0.258 e. The van der Waals surface area contributed by atoms with E-state index < -0.39 is 0 Å². The van der Waals surface area contributed by atoms with Crippen LogP contribution in [0, 0.1) is 12.8 Å². The summed E-state index contributed by atoms with van der Waals surface area (Å²) in [7, 11) is 0. The molecule has 1 nitrogen and oxygen atoms in total. The predicted molar refractivity (Wildman–Crippen MR) is 69.3 cm³/mol. The number of fused-ring (bicyclic) bond motifs is 1. The summed E-state index contributed by atoms with van der Waals surface area (Å²) in [5, 5.41) is 0. The summed E-state index contributed by atoms with van der Waals surface area (Å²) in [5.74, 6) is 0.547. The highest BCUT2D eigenvalue weighted by atomic mass is 14.7. The van der Waals surface area contributed by atoms with Gasteiger partial charge in [0.1, 0.15) is 0 Å². The molecule has 1 aromatic rings. The third-order valence-electron chi connectivity index (χ3n) is 3.38. The van der Waals surface area contributed by atoms with Gasteiger partial charge in [0.25, 0.3) is 0 Å². The zero-order valence-corrected chi connectivity index (χ0v) is 10.4. The third-order valence-corrected chi connectivity index (χ3v) is 3.38. The van der Waals surface area contributed by atoms with Crippen molar-refractivity contribution >= 4 is 5.57 Å². The Kier molecular flexibility index (Phi) is 2.95. The minimum absolute atomic E-state index is 0.547. The van der Waals surface area contributed by atoms with E-state index in [1.54, 1.807) is 0 Å². The van der Waals surface area contributed by atoms with Gasteiger partial charge in [-0.05, 0) is 56.7 Å². The first-order chi connectivity index (χ1) is 7.58. The third kappa shape index (κ3) is 2.08. The predicted octanol–water partition coefficient (Wildman–Crippen LogP) is 3.93. The molecule has 2 rings (SSSR count). The quantitative estimate of drug-likeness (QED) is 0.644. The highest BCUT2D eigenvalue weighted by Gasteiger charge is 2.17. The molecule has 0 aromatic carbocycles. The van der Waals surface area contributed by atoms with Gasteiger partial charge in [0.2, 0.25) is 0 Å². The molecule has 1 unspecified atom stereocenters.